The van der Waals surface area contributed by atoms with Crippen LogP contribution in [0.15, 0.2) is 0 Å². The zero-order chi connectivity index (χ0) is 8.32. The van der Waals surface area contributed by atoms with Crippen molar-refractivity contribution in [3.63, 3.8) is 0 Å². The van der Waals surface area contributed by atoms with E-state index in [1.807, 2.05) is 0 Å². The molecule has 2 atom stereocenters. The number of ether oxygens (including phenoxy) is 1. The van der Waals surface area contributed by atoms with Gasteiger partial charge in [-0.05, 0) is 0 Å². The van der Waals surface area contributed by atoms with E-state index in [4.69, 9.17) is 16.3 Å². The molecule has 0 aromatic carbocycles. The Morgan fingerprint density at radius 3 is 2.82 bits per heavy atom. The minimum atomic E-state index is -0.922. The summed E-state index contributed by atoms with van der Waals surface area (Å²) in [5, 5.41) is 18.0. The third kappa shape index (κ3) is 1.38. The van der Waals surface area contributed by atoms with E-state index in [1.165, 1.54) is 0 Å². The molecule has 62 valence electrons. The van der Waals surface area contributed by atoms with Crippen LogP contribution in [0.3, 0.4) is 0 Å². The molecule has 1 heterocycles. The minimum Gasteiger partial charge on any atom is -0.396 e. The maximum absolute atomic E-state index is 9.39. The first kappa shape index (κ1) is 8.54. The van der Waals surface area contributed by atoms with Gasteiger partial charge in [-0.1, -0.05) is 5.92 Å². The van der Waals surface area contributed by atoms with E-state index in [0.717, 1.165) is 0 Å². The molecule has 1 fully saturated rings. The Morgan fingerprint density at radius 1 is 1.73 bits per heavy atom. The lowest BCUT2D eigenvalue weighted by atomic mass is 9.94. The van der Waals surface area contributed by atoms with Crippen LogP contribution >= 0.6 is 0 Å². The molecular formula is C8H12O3. The maximum Gasteiger partial charge on any atom is 0.156 e. The lowest BCUT2D eigenvalue weighted by molar-refractivity contribution is -0.0274. The van der Waals surface area contributed by atoms with Crippen LogP contribution in [0.1, 0.15) is 12.8 Å². The Hall–Kier alpha value is -0.560. The average molecular weight is 156 g/mol. The van der Waals surface area contributed by atoms with Crippen molar-refractivity contribution in [1.29, 1.82) is 0 Å². The summed E-state index contributed by atoms with van der Waals surface area (Å²) in [7, 11) is 0. The highest BCUT2D eigenvalue weighted by Gasteiger charge is 2.41. The summed E-state index contributed by atoms with van der Waals surface area (Å²) < 4.78 is 5.20. The number of hydrogen-bond donors (Lipinski definition) is 2. The zero-order valence-corrected chi connectivity index (χ0v) is 6.29. The molecule has 0 aromatic heterocycles. The van der Waals surface area contributed by atoms with Gasteiger partial charge in [-0.25, -0.2) is 0 Å². The quantitative estimate of drug-likeness (QED) is 0.531. The van der Waals surface area contributed by atoms with Crippen LogP contribution in [0, 0.1) is 12.3 Å². The standard InChI is InChI=1S/C8H12O3/c1-2-8(4-5-9)7(10)3-6-11-8/h1,7,9-10H,3-6H2. The Bertz CT molecular complexity index is 173. The zero-order valence-electron chi connectivity index (χ0n) is 6.29. The molecular weight excluding hydrogens is 144 g/mol. The smallest absolute Gasteiger partial charge is 0.156 e. The van der Waals surface area contributed by atoms with Crippen molar-refractivity contribution in [3.8, 4) is 12.3 Å². The summed E-state index contributed by atoms with van der Waals surface area (Å²) in [6.07, 6.45) is 5.44. The summed E-state index contributed by atoms with van der Waals surface area (Å²) in [5.74, 6) is 2.40. The second-order valence-electron chi connectivity index (χ2n) is 2.66. The molecule has 0 aromatic rings. The van der Waals surface area contributed by atoms with Crippen molar-refractivity contribution in [2.45, 2.75) is 24.5 Å². The lowest BCUT2D eigenvalue weighted by Gasteiger charge is -2.24. The average Bonchev–Trinajstić information content (AvgIpc) is 2.35. The topological polar surface area (TPSA) is 49.7 Å². The first-order chi connectivity index (χ1) is 5.25. The third-order valence-electron chi connectivity index (χ3n) is 2.02. The van der Waals surface area contributed by atoms with Crippen LogP contribution in [-0.2, 0) is 4.74 Å². The van der Waals surface area contributed by atoms with E-state index in [2.05, 4.69) is 5.92 Å². The Labute approximate surface area is 66.0 Å². The van der Waals surface area contributed by atoms with E-state index in [1.54, 1.807) is 0 Å². The van der Waals surface area contributed by atoms with Crippen LogP contribution in [0.2, 0.25) is 0 Å². The van der Waals surface area contributed by atoms with Gasteiger partial charge in [0.2, 0.25) is 0 Å². The van der Waals surface area contributed by atoms with Gasteiger partial charge in [-0.3, -0.25) is 0 Å². The molecule has 11 heavy (non-hydrogen) atoms. The monoisotopic (exact) mass is 156 g/mol. The summed E-state index contributed by atoms with van der Waals surface area (Å²) in [6.45, 7) is 0.423. The highest BCUT2D eigenvalue weighted by atomic mass is 16.5. The van der Waals surface area contributed by atoms with Gasteiger partial charge in [-0.15, -0.1) is 6.42 Å². The van der Waals surface area contributed by atoms with Crippen LogP contribution in [-0.4, -0.2) is 35.1 Å². The van der Waals surface area contributed by atoms with Gasteiger partial charge in [0.15, 0.2) is 5.60 Å². The molecule has 0 radical (unpaired) electrons. The molecule has 2 N–H and O–H groups in total. The summed E-state index contributed by atoms with van der Waals surface area (Å²) in [6, 6.07) is 0. The lowest BCUT2D eigenvalue weighted by Crippen LogP contribution is -2.38. The highest BCUT2D eigenvalue weighted by Crippen LogP contribution is 2.28. The number of terminal acetylenes is 1. The minimum absolute atomic E-state index is 0.0543. The fourth-order valence-corrected chi connectivity index (χ4v) is 1.30. The van der Waals surface area contributed by atoms with Crippen LogP contribution in [0.4, 0.5) is 0 Å². The second kappa shape index (κ2) is 3.22. The maximum atomic E-state index is 9.39. The van der Waals surface area contributed by atoms with E-state index < -0.39 is 11.7 Å². The number of aliphatic hydroxyl groups is 2. The predicted molar refractivity (Wildman–Crippen MR) is 39.8 cm³/mol. The van der Waals surface area contributed by atoms with Gasteiger partial charge in [0.25, 0.3) is 0 Å². The van der Waals surface area contributed by atoms with Crippen molar-refractivity contribution in [2.75, 3.05) is 13.2 Å². The van der Waals surface area contributed by atoms with Gasteiger partial charge >= 0.3 is 0 Å². The summed E-state index contributed by atoms with van der Waals surface area (Å²) in [4.78, 5) is 0. The molecule has 3 heteroatoms. The fraction of sp³-hybridized carbons (Fsp3) is 0.750. The Kier molecular flexibility index (Phi) is 2.50. The molecule has 0 bridgehead atoms. The van der Waals surface area contributed by atoms with Crippen molar-refractivity contribution in [1.82, 2.24) is 0 Å². The predicted octanol–water partition coefficient (Wildman–Crippen LogP) is -0.478. The summed E-state index contributed by atoms with van der Waals surface area (Å²) in [5.41, 5.74) is -0.922. The molecule has 2 unspecified atom stereocenters. The van der Waals surface area contributed by atoms with Crippen molar-refractivity contribution >= 4 is 0 Å². The number of hydrogen-bond acceptors (Lipinski definition) is 3. The molecule has 0 saturated carbocycles. The van der Waals surface area contributed by atoms with Gasteiger partial charge < -0.3 is 14.9 Å². The van der Waals surface area contributed by atoms with Crippen LogP contribution < -0.4 is 0 Å². The van der Waals surface area contributed by atoms with Gasteiger partial charge in [0.1, 0.15) is 0 Å². The molecule has 3 nitrogen and oxygen atoms in total. The van der Waals surface area contributed by atoms with E-state index in [-0.39, 0.29) is 6.61 Å². The molecule has 0 spiro atoms. The van der Waals surface area contributed by atoms with Gasteiger partial charge in [0.05, 0.1) is 12.7 Å². The first-order valence-electron chi connectivity index (χ1n) is 3.66. The first-order valence-corrected chi connectivity index (χ1v) is 3.66. The van der Waals surface area contributed by atoms with Crippen LogP contribution in [0.5, 0.6) is 0 Å². The SMILES string of the molecule is C#CC1(CCO)OCCC1O. The van der Waals surface area contributed by atoms with Crippen molar-refractivity contribution in [2.24, 2.45) is 0 Å². The normalized spacial score (nSPS) is 37.0. The molecule has 1 saturated heterocycles. The Balaban J connectivity index is 2.67. The number of rotatable bonds is 2. The van der Waals surface area contributed by atoms with Crippen molar-refractivity contribution in [3.05, 3.63) is 0 Å². The highest BCUT2D eigenvalue weighted by molar-refractivity contribution is 5.14. The van der Waals surface area contributed by atoms with Gasteiger partial charge in [0, 0.05) is 19.4 Å². The molecule has 1 aliphatic heterocycles. The molecule has 0 aliphatic carbocycles. The van der Waals surface area contributed by atoms with E-state index in [9.17, 15) is 5.11 Å². The fourth-order valence-electron chi connectivity index (χ4n) is 1.30. The van der Waals surface area contributed by atoms with E-state index >= 15 is 0 Å². The third-order valence-corrected chi connectivity index (χ3v) is 2.02. The molecule has 1 aliphatic rings. The summed E-state index contributed by atoms with van der Waals surface area (Å²) >= 11 is 0. The molecule has 0 amide bonds. The second-order valence-corrected chi connectivity index (χ2v) is 2.66. The molecule has 1 rings (SSSR count). The van der Waals surface area contributed by atoms with Gasteiger partial charge in [-0.2, -0.15) is 0 Å². The largest absolute Gasteiger partial charge is 0.396 e. The number of aliphatic hydroxyl groups excluding tert-OH is 2. The van der Waals surface area contributed by atoms with Crippen LogP contribution in [0.25, 0.3) is 0 Å². The Morgan fingerprint density at radius 2 is 2.45 bits per heavy atom. The van der Waals surface area contributed by atoms with Crippen molar-refractivity contribution < 1.29 is 14.9 Å². The van der Waals surface area contributed by atoms with E-state index in [0.29, 0.717) is 19.4 Å².